The Bertz CT molecular complexity index is 336. The minimum absolute atomic E-state index is 0.0924. The smallest absolute Gasteiger partial charge is 0.307 e. The maximum Gasteiger partial charge on any atom is 0.307 e. The predicted molar refractivity (Wildman–Crippen MR) is 47.7 cm³/mol. The molecule has 1 saturated carbocycles. The number of halogens is 1. The minimum atomic E-state index is -0.734. The van der Waals surface area contributed by atoms with Crippen molar-refractivity contribution in [2.45, 2.75) is 12.3 Å². The summed E-state index contributed by atoms with van der Waals surface area (Å²) in [6, 6.07) is 3.52. The van der Waals surface area contributed by atoms with Crippen LogP contribution in [0, 0.1) is 5.92 Å². The van der Waals surface area contributed by atoms with Crippen LogP contribution >= 0.6 is 11.6 Å². The highest BCUT2D eigenvalue weighted by Crippen LogP contribution is 2.46. The number of carboxylic acid groups (broad SMARTS) is 1. The van der Waals surface area contributed by atoms with Gasteiger partial charge in [0.05, 0.1) is 10.9 Å². The normalized spacial score (nSPS) is 25.6. The lowest BCUT2D eigenvalue weighted by Gasteiger charge is -1.96. The fourth-order valence-electron chi connectivity index (χ4n) is 1.40. The van der Waals surface area contributed by atoms with Gasteiger partial charge in [0.15, 0.2) is 0 Å². The summed E-state index contributed by atoms with van der Waals surface area (Å²) < 4.78 is 0. The van der Waals surface area contributed by atoms with Crippen LogP contribution < -0.4 is 0 Å². The lowest BCUT2D eigenvalue weighted by molar-refractivity contribution is -0.138. The highest BCUT2D eigenvalue weighted by Gasteiger charge is 2.45. The minimum Gasteiger partial charge on any atom is -0.481 e. The summed E-state index contributed by atoms with van der Waals surface area (Å²) in [5, 5.41) is 9.27. The van der Waals surface area contributed by atoms with Gasteiger partial charge < -0.3 is 5.11 Å². The van der Waals surface area contributed by atoms with Crippen LogP contribution in [-0.2, 0) is 4.79 Å². The van der Waals surface area contributed by atoms with Crippen molar-refractivity contribution in [2.75, 3.05) is 0 Å². The molecule has 0 bridgehead atoms. The van der Waals surface area contributed by atoms with Gasteiger partial charge in [-0.1, -0.05) is 11.6 Å². The third-order valence-corrected chi connectivity index (χ3v) is 2.46. The molecule has 1 aliphatic carbocycles. The van der Waals surface area contributed by atoms with E-state index in [9.17, 15) is 4.79 Å². The molecule has 0 radical (unpaired) electrons. The molecule has 0 spiro atoms. The Labute approximate surface area is 80.4 Å². The van der Waals surface area contributed by atoms with Gasteiger partial charge in [0.25, 0.3) is 0 Å². The zero-order valence-corrected chi connectivity index (χ0v) is 7.53. The second-order valence-electron chi connectivity index (χ2n) is 3.19. The Hall–Kier alpha value is -1.09. The number of aliphatic carboxylic acids is 1. The molecule has 0 saturated heterocycles. The average Bonchev–Trinajstić information content (AvgIpc) is 2.85. The maximum atomic E-state index is 10.6. The van der Waals surface area contributed by atoms with Crippen LogP contribution in [0.4, 0.5) is 0 Å². The first-order valence-electron chi connectivity index (χ1n) is 4.03. The molecule has 4 heteroatoms. The van der Waals surface area contributed by atoms with Crippen LogP contribution in [0.2, 0.25) is 5.02 Å². The van der Waals surface area contributed by atoms with E-state index in [1.54, 1.807) is 18.3 Å². The van der Waals surface area contributed by atoms with Crippen LogP contribution in [0.25, 0.3) is 0 Å². The van der Waals surface area contributed by atoms with Crippen molar-refractivity contribution >= 4 is 17.6 Å². The summed E-state index contributed by atoms with van der Waals surface area (Å²) >= 11 is 5.66. The third-order valence-electron chi connectivity index (χ3n) is 2.24. The lowest BCUT2D eigenvalue weighted by atomic mass is 10.2. The van der Waals surface area contributed by atoms with Gasteiger partial charge in [-0.2, -0.15) is 0 Å². The van der Waals surface area contributed by atoms with E-state index in [1.807, 2.05) is 0 Å². The van der Waals surface area contributed by atoms with Crippen molar-refractivity contribution in [1.82, 2.24) is 4.98 Å². The molecular weight excluding hydrogens is 190 g/mol. The summed E-state index contributed by atoms with van der Waals surface area (Å²) in [5.41, 5.74) is 0.830. The first-order chi connectivity index (χ1) is 6.18. The van der Waals surface area contributed by atoms with Gasteiger partial charge in [0.1, 0.15) is 0 Å². The number of nitrogens with zero attached hydrogens (tertiary/aromatic N) is 1. The van der Waals surface area contributed by atoms with E-state index in [2.05, 4.69) is 4.98 Å². The number of carbonyl (C=O) groups is 1. The van der Waals surface area contributed by atoms with E-state index < -0.39 is 5.97 Å². The number of pyridine rings is 1. The standard InChI is InChI=1S/C9H8ClNO2/c10-5-1-2-8(11-4-5)6-3-7(6)9(12)13/h1-2,4,6-7H,3H2,(H,12,13)/t6-,7+/m1/s1. The van der Waals surface area contributed by atoms with E-state index in [0.29, 0.717) is 11.4 Å². The summed E-state index contributed by atoms with van der Waals surface area (Å²) in [4.78, 5) is 14.6. The topological polar surface area (TPSA) is 50.2 Å². The van der Waals surface area contributed by atoms with E-state index in [1.165, 1.54) is 0 Å². The first-order valence-corrected chi connectivity index (χ1v) is 4.40. The Kier molecular flexibility index (Phi) is 1.96. The van der Waals surface area contributed by atoms with E-state index >= 15 is 0 Å². The molecule has 0 aromatic carbocycles. The van der Waals surface area contributed by atoms with Gasteiger partial charge in [-0.3, -0.25) is 9.78 Å². The van der Waals surface area contributed by atoms with Gasteiger partial charge in [-0.05, 0) is 18.6 Å². The molecule has 68 valence electrons. The molecule has 1 aromatic rings. The van der Waals surface area contributed by atoms with Gasteiger partial charge in [-0.25, -0.2) is 0 Å². The molecule has 0 unspecified atom stereocenters. The van der Waals surface area contributed by atoms with Crippen molar-refractivity contribution in [2.24, 2.45) is 5.92 Å². The maximum absolute atomic E-state index is 10.6. The Morgan fingerprint density at radius 1 is 1.62 bits per heavy atom. The summed E-state index contributed by atoms with van der Waals surface area (Å²) in [6.07, 6.45) is 2.25. The van der Waals surface area contributed by atoms with Crippen LogP contribution in [0.3, 0.4) is 0 Å². The zero-order valence-electron chi connectivity index (χ0n) is 6.77. The van der Waals surface area contributed by atoms with Crippen molar-refractivity contribution in [3.8, 4) is 0 Å². The number of hydrogen-bond acceptors (Lipinski definition) is 2. The highest BCUT2D eigenvalue weighted by molar-refractivity contribution is 6.30. The van der Waals surface area contributed by atoms with Gasteiger partial charge in [0, 0.05) is 17.8 Å². The van der Waals surface area contributed by atoms with Gasteiger partial charge in [0.2, 0.25) is 0 Å². The Morgan fingerprint density at radius 2 is 2.38 bits per heavy atom. The predicted octanol–water partition coefficient (Wildman–Crippen LogP) is 1.92. The lowest BCUT2D eigenvalue weighted by Crippen LogP contribution is -1.99. The summed E-state index contributed by atoms with van der Waals surface area (Å²) in [6.45, 7) is 0. The number of rotatable bonds is 2. The van der Waals surface area contributed by atoms with E-state index in [0.717, 1.165) is 5.69 Å². The van der Waals surface area contributed by atoms with E-state index in [4.69, 9.17) is 16.7 Å². The molecule has 0 amide bonds. The van der Waals surface area contributed by atoms with Crippen molar-refractivity contribution in [3.63, 3.8) is 0 Å². The molecule has 1 aromatic heterocycles. The van der Waals surface area contributed by atoms with Crippen molar-refractivity contribution in [1.29, 1.82) is 0 Å². The molecule has 1 aliphatic rings. The van der Waals surface area contributed by atoms with Crippen LogP contribution in [0.1, 0.15) is 18.0 Å². The average molecular weight is 198 g/mol. The second-order valence-corrected chi connectivity index (χ2v) is 3.62. The van der Waals surface area contributed by atoms with Crippen molar-refractivity contribution < 1.29 is 9.90 Å². The SMILES string of the molecule is O=C(O)[C@H]1C[C@H]1c1ccc(Cl)cn1. The highest BCUT2D eigenvalue weighted by atomic mass is 35.5. The molecule has 1 heterocycles. The Balaban J connectivity index is 2.12. The van der Waals surface area contributed by atoms with Gasteiger partial charge in [-0.15, -0.1) is 0 Å². The Morgan fingerprint density at radius 3 is 2.85 bits per heavy atom. The molecule has 1 fully saturated rings. The quantitative estimate of drug-likeness (QED) is 0.788. The van der Waals surface area contributed by atoms with Crippen LogP contribution in [0.5, 0.6) is 0 Å². The molecule has 1 N–H and O–H groups in total. The van der Waals surface area contributed by atoms with Crippen LogP contribution in [0.15, 0.2) is 18.3 Å². The van der Waals surface area contributed by atoms with Gasteiger partial charge >= 0.3 is 5.97 Å². The fraction of sp³-hybridized carbons (Fsp3) is 0.333. The van der Waals surface area contributed by atoms with E-state index in [-0.39, 0.29) is 11.8 Å². The van der Waals surface area contributed by atoms with Crippen LogP contribution in [-0.4, -0.2) is 16.1 Å². The molecular formula is C9H8ClNO2. The molecule has 0 aliphatic heterocycles. The first kappa shape index (κ1) is 8.51. The van der Waals surface area contributed by atoms with Crippen molar-refractivity contribution in [3.05, 3.63) is 29.0 Å². The zero-order chi connectivity index (χ0) is 9.42. The molecule has 2 atom stereocenters. The molecule has 2 rings (SSSR count). The summed E-state index contributed by atoms with van der Waals surface area (Å²) in [7, 11) is 0. The summed E-state index contributed by atoms with van der Waals surface area (Å²) in [5.74, 6) is -0.884. The third kappa shape index (κ3) is 1.65. The fourth-order valence-corrected chi connectivity index (χ4v) is 1.51. The largest absolute Gasteiger partial charge is 0.481 e. The molecule has 3 nitrogen and oxygen atoms in total. The number of hydrogen-bond donors (Lipinski definition) is 1. The number of aromatic nitrogens is 1. The monoisotopic (exact) mass is 197 g/mol. The number of carboxylic acids is 1. The molecule has 13 heavy (non-hydrogen) atoms. The second kappa shape index (κ2) is 3.00.